The van der Waals surface area contributed by atoms with Gasteiger partial charge in [0.15, 0.2) is 0 Å². The molecule has 0 radical (unpaired) electrons. The van der Waals surface area contributed by atoms with E-state index < -0.39 is 0 Å². The Labute approximate surface area is 143 Å². The summed E-state index contributed by atoms with van der Waals surface area (Å²) < 4.78 is 0. The van der Waals surface area contributed by atoms with Crippen LogP contribution in [0.1, 0.15) is 55.3 Å². The number of hydrogen-bond acceptors (Lipinski definition) is 3. The number of aliphatic hydroxyl groups is 1. The fourth-order valence-corrected chi connectivity index (χ4v) is 3.64. The molecular formula is C19H26N2O3. The molecular weight excluding hydrogens is 304 g/mol. The molecule has 5 nitrogen and oxygen atoms in total. The topological polar surface area (TPSA) is 69.6 Å². The number of aliphatic hydroxyl groups excluding tert-OH is 1. The van der Waals surface area contributed by atoms with E-state index in [4.69, 9.17) is 0 Å². The zero-order valence-electron chi connectivity index (χ0n) is 14.0. The van der Waals surface area contributed by atoms with Crippen molar-refractivity contribution in [2.75, 3.05) is 18.4 Å². The third kappa shape index (κ3) is 4.35. The van der Waals surface area contributed by atoms with Crippen LogP contribution >= 0.6 is 0 Å². The van der Waals surface area contributed by atoms with Crippen LogP contribution in [0.25, 0.3) is 0 Å². The molecule has 2 fully saturated rings. The quantitative estimate of drug-likeness (QED) is 0.892. The average Bonchev–Trinajstić information content (AvgIpc) is 3.08. The maximum absolute atomic E-state index is 12.4. The van der Waals surface area contributed by atoms with Gasteiger partial charge in [-0.3, -0.25) is 9.59 Å². The highest BCUT2D eigenvalue weighted by Crippen LogP contribution is 2.27. The molecule has 1 saturated carbocycles. The van der Waals surface area contributed by atoms with Gasteiger partial charge in [0.2, 0.25) is 5.91 Å². The first-order valence-electron chi connectivity index (χ1n) is 8.99. The van der Waals surface area contributed by atoms with E-state index in [0.29, 0.717) is 43.8 Å². The van der Waals surface area contributed by atoms with Gasteiger partial charge in [0.1, 0.15) is 0 Å². The van der Waals surface area contributed by atoms with Crippen LogP contribution in [-0.4, -0.2) is 41.0 Å². The van der Waals surface area contributed by atoms with Crippen molar-refractivity contribution in [3.63, 3.8) is 0 Å². The van der Waals surface area contributed by atoms with Crippen LogP contribution < -0.4 is 5.32 Å². The van der Waals surface area contributed by atoms with Crippen LogP contribution in [0, 0.1) is 5.92 Å². The monoisotopic (exact) mass is 330 g/mol. The molecule has 2 amide bonds. The molecule has 1 aromatic carbocycles. The van der Waals surface area contributed by atoms with E-state index in [2.05, 4.69) is 5.32 Å². The van der Waals surface area contributed by atoms with Crippen LogP contribution in [0.4, 0.5) is 5.69 Å². The molecule has 0 atom stereocenters. The lowest BCUT2D eigenvalue weighted by molar-refractivity contribution is -0.117. The van der Waals surface area contributed by atoms with Crippen LogP contribution in [0.3, 0.4) is 0 Å². The summed E-state index contributed by atoms with van der Waals surface area (Å²) in [5.74, 6) is 0.581. The number of benzene rings is 1. The number of hydrogen-bond donors (Lipinski definition) is 2. The molecule has 0 aromatic heterocycles. The van der Waals surface area contributed by atoms with Crippen molar-refractivity contribution >= 4 is 17.5 Å². The highest BCUT2D eigenvalue weighted by Gasteiger charge is 2.22. The molecule has 0 spiro atoms. The minimum atomic E-state index is -0.286. The maximum atomic E-state index is 12.4. The van der Waals surface area contributed by atoms with Crippen molar-refractivity contribution in [3.8, 4) is 0 Å². The Bertz CT molecular complexity index is 571. The Balaban J connectivity index is 1.52. The van der Waals surface area contributed by atoms with Gasteiger partial charge >= 0.3 is 0 Å². The molecule has 1 aliphatic carbocycles. The highest BCUT2D eigenvalue weighted by atomic mass is 16.3. The predicted molar refractivity (Wildman–Crippen MR) is 92.8 cm³/mol. The van der Waals surface area contributed by atoms with E-state index in [1.807, 2.05) is 0 Å². The summed E-state index contributed by atoms with van der Waals surface area (Å²) in [5.41, 5.74) is 1.36. The molecule has 1 saturated heterocycles. The van der Waals surface area contributed by atoms with E-state index in [0.717, 1.165) is 18.5 Å². The Kier molecular flexibility index (Phi) is 5.51. The van der Waals surface area contributed by atoms with E-state index in [9.17, 15) is 14.7 Å². The van der Waals surface area contributed by atoms with Crippen molar-refractivity contribution in [3.05, 3.63) is 29.8 Å². The minimum absolute atomic E-state index is 0.00858. The summed E-state index contributed by atoms with van der Waals surface area (Å²) in [5, 5.41) is 12.4. The molecule has 1 aliphatic heterocycles. The van der Waals surface area contributed by atoms with Gasteiger partial charge in [-0.15, -0.1) is 0 Å². The van der Waals surface area contributed by atoms with E-state index in [1.165, 1.54) is 12.8 Å². The van der Waals surface area contributed by atoms with E-state index >= 15 is 0 Å². The third-order valence-corrected chi connectivity index (χ3v) is 5.12. The lowest BCUT2D eigenvalue weighted by Crippen LogP contribution is -2.40. The number of carbonyl (C=O) groups is 2. The number of nitrogens with zero attached hydrogens (tertiary/aromatic N) is 1. The fraction of sp³-hybridized carbons (Fsp3) is 0.579. The van der Waals surface area contributed by atoms with Crippen LogP contribution in [0.5, 0.6) is 0 Å². The molecule has 2 N–H and O–H groups in total. The van der Waals surface area contributed by atoms with Crippen LogP contribution in [0.2, 0.25) is 0 Å². The Morgan fingerprint density at radius 3 is 2.29 bits per heavy atom. The molecule has 1 heterocycles. The van der Waals surface area contributed by atoms with Gasteiger partial charge < -0.3 is 15.3 Å². The summed E-state index contributed by atoms with van der Waals surface area (Å²) >= 11 is 0. The largest absolute Gasteiger partial charge is 0.393 e. The maximum Gasteiger partial charge on any atom is 0.253 e. The van der Waals surface area contributed by atoms with Crippen LogP contribution in [0.15, 0.2) is 24.3 Å². The lowest BCUT2D eigenvalue weighted by atomic mass is 10.0. The smallest absolute Gasteiger partial charge is 0.253 e. The molecule has 1 aromatic rings. The Morgan fingerprint density at radius 1 is 1.04 bits per heavy atom. The number of rotatable bonds is 4. The second-order valence-electron chi connectivity index (χ2n) is 7.00. The SMILES string of the molecule is O=C(CC1CCCC1)Nc1ccc(C(=O)N2CCC(O)CC2)cc1. The molecule has 0 bridgehead atoms. The van der Waals surface area contributed by atoms with Crippen molar-refractivity contribution in [2.45, 2.75) is 51.0 Å². The predicted octanol–water partition coefficient (Wildman–Crippen LogP) is 2.80. The normalized spacial score (nSPS) is 19.5. The highest BCUT2D eigenvalue weighted by molar-refractivity contribution is 5.96. The Hall–Kier alpha value is -1.88. The fourth-order valence-electron chi connectivity index (χ4n) is 3.64. The second-order valence-corrected chi connectivity index (χ2v) is 7.00. The van der Waals surface area contributed by atoms with Crippen molar-refractivity contribution in [1.29, 1.82) is 0 Å². The first-order valence-corrected chi connectivity index (χ1v) is 8.99. The second kappa shape index (κ2) is 7.79. The third-order valence-electron chi connectivity index (χ3n) is 5.12. The first kappa shape index (κ1) is 17.0. The van der Waals surface area contributed by atoms with Gasteiger partial charge in [-0.25, -0.2) is 0 Å². The summed E-state index contributed by atoms with van der Waals surface area (Å²) in [4.78, 5) is 26.3. The molecule has 130 valence electrons. The summed E-state index contributed by atoms with van der Waals surface area (Å²) in [6, 6.07) is 7.11. The number of nitrogens with one attached hydrogen (secondary N) is 1. The number of carbonyl (C=O) groups excluding carboxylic acids is 2. The van der Waals surface area contributed by atoms with E-state index in [-0.39, 0.29) is 17.9 Å². The number of piperidine rings is 1. The van der Waals surface area contributed by atoms with E-state index in [1.54, 1.807) is 29.2 Å². The Morgan fingerprint density at radius 2 is 1.67 bits per heavy atom. The van der Waals surface area contributed by atoms with Crippen molar-refractivity contribution in [1.82, 2.24) is 4.90 Å². The molecule has 5 heteroatoms. The summed E-state index contributed by atoms with van der Waals surface area (Å²) in [6.45, 7) is 1.19. The zero-order valence-corrected chi connectivity index (χ0v) is 14.0. The first-order chi connectivity index (χ1) is 11.6. The standard InChI is InChI=1S/C19H26N2O3/c22-17-9-11-21(12-10-17)19(24)15-5-7-16(8-6-15)20-18(23)13-14-3-1-2-4-14/h5-8,14,17,22H,1-4,9-13H2,(H,20,23). The number of likely N-dealkylation sites (tertiary alicyclic amines) is 1. The summed E-state index contributed by atoms with van der Waals surface area (Å²) in [6.07, 6.45) is 6.38. The van der Waals surface area contributed by atoms with Gasteiger partial charge in [-0.1, -0.05) is 12.8 Å². The van der Waals surface area contributed by atoms with Gasteiger partial charge in [-0.2, -0.15) is 0 Å². The minimum Gasteiger partial charge on any atom is -0.393 e. The van der Waals surface area contributed by atoms with Gasteiger partial charge in [0, 0.05) is 30.8 Å². The van der Waals surface area contributed by atoms with Gasteiger partial charge in [0.05, 0.1) is 6.10 Å². The zero-order chi connectivity index (χ0) is 16.9. The molecule has 0 unspecified atom stereocenters. The average molecular weight is 330 g/mol. The lowest BCUT2D eigenvalue weighted by Gasteiger charge is -2.29. The van der Waals surface area contributed by atoms with Crippen molar-refractivity contribution < 1.29 is 14.7 Å². The number of anilines is 1. The molecule has 3 rings (SSSR count). The van der Waals surface area contributed by atoms with Crippen LogP contribution in [-0.2, 0) is 4.79 Å². The van der Waals surface area contributed by atoms with Crippen molar-refractivity contribution in [2.24, 2.45) is 5.92 Å². The molecule has 2 aliphatic rings. The van der Waals surface area contributed by atoms with Gasteiger partial charge in [-0.05, 0) is 55.9 Å². The molecule has 24 heavy (non-hydrogen) atoms. The number of amides is 2. The summed E-state index contributed by atoms with van der Waals surface area (Å²) in [7, 11) is 0. The van der Waals surface area contributed by atoms with Gasteiger partial charge in [0.25, 0.3) is 5.91 Å².